The fraction of sp³-hybridized carbons (Fsp3) is 0.889. The third kappa shape index (κ3) is 2.95. The van der Waals surface area contributed by atoms with Gasteiger partial charge in [0.15, 0.2) is 0 Å². The van der Waals surface area contributed by atoms with Gasteiger partial charge in [0.25, 0.3) is 0 Å². The molecule has 0 bridgehead atoms. The Bertz CT molecular complexity index is 184. The molecular formula is C9H16BrNO2. The second-order valence-electron chi connectivity index (χ2n) is 3.44. The second kappa shape index (κ2) is 4.96. The molecule has 3 atom stereocenters. The Labute approximate surface area is 87.3 Å². The Kier molecular flexibility index (Phi) is 4.19. The molecular weight excluding hydrogens is 234 g/mol. The van der Waals surface area contributed by atoms with Crippen molar-refractivity contribution >= 4 is 21.8 Å². The minimum absolute atomic E-state index is 0.0500. The lowest BCUT2D eigenvalue weighted by Gasteiger charge is -2.20. The van der Waals surface area contributed by atoms with Gasteiger partial charge >= 0.3 is 0 Å². The first-order valence-electron chi connectivity index (χ1n) is 4.62. The molecule has 0 aromatic carbocycles. The van der Waals surface area contributed by atoms with Gasteiger partial charge in [-0.3, -0.25) is 4.79 Å². The predicted molar refractivity (Wildman–Crippen MR) is 55.0 cm³/mol. The molecule has 1 aliphatic carbocycles. The van der Waals surface area contributed by atoms with Gasteiger partial charge in [-0.25, -0.2) is 0 Å². The Balaban J connectivity index is 2.39. The van der Waals surface area contributed by atoms with E-state index in [4.69, 9.17) is 4.74 Å². The van der Waals surface area contributed by atoms with Crippen LogP contribution in [0.2, 0.25) is 0 Å². The molecule has 1 N–H and O–H groups in total. The number of nitrogens with one attached hydrogen (secondary N) is 1. The van der Waals surface area contributed by atoms with Crippen LogP contribution in [0, 0.1) is 0 Å². The highest BCUT2D eigenvalue weighted by molar-refractivity contribution is 9.10. The fourth-order valence-electron chi connectivity index (χ4n) is 1.67. The summed E-state index contributed by atoms with van der Waals surface area (Å²) in [4.78, 5) is 11.2. The fourth-order valence-corrected chi connectivity index (χ4v) is 1.80. The van der Waals surface area contributed by atoms with Crippen molar-refractivity contribution in [3.63, 3.8) is 0 Å². The summed E-state index contributed by atoms with van der Waals surface area (Å²) in [5.41, 5.74) is 0. The number of rotatable bonds is 3. The van der Waals surface area contributed by atoms with Gasteiger partial charge in [-0.05, 0) is 26.2 Å². The zero-order valence-corrected chi connectivity index (χ0v) is 9.63. The van der Waals surface area contributed by atoms with Gasteiger partial charge in [0.2, 0.25) is 5.91 Å². The summed E-state index contributed by atoms with van der Waals surface area (Å²) in [7, 11) is 1.70. The Morgan fingerprint density at radius 3 is 2.85 bits per heavy atom. The first-order valence-corrected chi connectivity index (χ1v) is 5.54. The van der Waals surface area contributed by atoms with Crippen LogP contribution in [-0.4, -0.2) is 30.0 Å². The van der Waals surface area contributed by atoms with Gasteiger partial charge in [0.05, 0.1) is 17.0 Å². The Morgan fingerprint density at radius 1 is 1.62 bits per heavy atom. The van der Waals surface area contributed by atoms with Crippen LogP contribution >= 0.6 is 15.9 Å². The first-order chi connectivity index (χ1) is 6.15. The van der Waals surface area contributed by atoms with E-state index < -0.39 is 0 Å². The lowest BCUT2D eigenvalue weighted by atomic mass is 10.2. The maximum atomic E-state index is 11.3. The summed E-state index contributed by atoms with van der Waals surface area (Å²) < 4.78 is 5.27. The Hall–Kier alpha value is -0.0900. The van der Waals surface area contributed by atoms with Crippen LogP contribution in [-0.2, 0) is 9.53 Å². The van der Waals surface area contributed by atoms with E-state index >= 15 is 0 Å². The van der Waals surface area contributed by atoms with Crippen molar-refractivity contribution in [1.29, 1.82) is 0 Å². The number of carbonyl (C=O) groups excluding carboxylic acids is 1. The molecule has 0 aromatic heterocycles. The second-order valence-corrected chi connectivity index (χ2v) is 4.81. The number of ether oxygens (including phenoxy) is 1. The summed E-state index contributed by atoms with van der Waals surface area (Å²) in [5, 5.41) is 2.97. The topological polar surface area (TPSA) is 38.3 Å². The van der Waals surface area contributed by atoms with Gasteiger partial charge in [-0.15, -0.1) is 0 Å². The van der Waals surface area contributed by atoms with Crippen LogP contribution < -0.4 is 5.32 Å². The van der Waals surface area contributed by atoms with E-state index in [9.17, 15) is 4.79 Å². The summed E-state index contributed by atoms with van der Waals surface area (Å²) in [5.74, 6) is 0.0500. The first kappa shape index (κ1) is 11.0. The molecule has 0 spiro atoms. The number of methoxy groups -OCH3 is 1. The molecule has 3 nitrogen and oxygen atoms in total. The van der Waals surface area contributed by atoms with E-state index in [1.54, 1.807) is 7.11 Å². The van der Waals surface area contributed by atoms with Crippen molar-refractivity contribution in [2.75, 3.05) is 7.11 Å². The highest BCUT2D eigenvalue weighted by Gasteiger charge is 2.28. The highest BCUT2D eigenvalue weighted by atomic mass is 79.9. The molecule has 1 rings (SSSR count). The monoisotopic (exact) mass is 249 g/mol. The van der Waals surface area contributed by atoms with E-state index in [0.717, 1.165) is 19.3 Å². The number of halogens is 1. The molecule has 13 heavy (non-hydrogen) atoms. The zero-order chi connectivity index (χ0) is 9.84. The quantitative estimate of drug-likeness (QED) is 0.770. The SMILES string of the molecule is COC1CCCC1NC(=O)C(C)Br. The molecule has 0 radical (unpaired) electrons. The lowest BCUT2D eigenvalue weighted by Crippen LogP contribution is -2.43. The van der Waals surface area contributed by atoms with E-state index in [1.807, 2.05) is 6.92 Å². The molecule has 0 saturated heterocycles. The molecule has 3 unspecified atom stereocenters. The highest BCUT2D eigenvalue weighted by Crippen LogP contribution is 2.21. The number of hydrogen-bond donors (Lipinski definition) is 1. The lowest BCUT2D eigenvalue weighted by molar-refractivity contribution is -0.121. The van der Waals surface area contributed by atoms with Crippen molar-refractivity contribution in [1.82, 2.24) is 5.32 Å². The van der Waals surface area contributed by atoms with E-state index in [0.29, 0.717) is 0 Å². The van der Waals surface area contributed by atoms with Crippen molar-refractivity contribution in [3.8, 4) is 0 Å². The molecule has 1 amide bonds. The van der Waals surface area contributed by atoms with Crippen LogP contribution in [0.25, 0.3) is 0 Å². The average Bonchev–Trinajstić information content (AvgIpc) is 2.51. The molecule has 4 heteroatoms. The van der Waals surface area contributed by atoms with E-state index in [2.05, 4.69) is 21.2 Å². The molecule has 1 aliphatic rings. The Morgan fingerprint density at radius 2 is 2.31 bits per heavy atom. The normalized spacial score (nSPS) is 30.1. The summed E-state index contributed by atoms with van der Waals surface area (Å²) in [6.07, 6.45) is 3.43. The van der Waals surface area contributed by atoms with Gasteiger partial charge in [-0.1, -0.05) is 15.9 Å². The van der Waals surface area contributed by atoms with Gasteiger partial charge in [-0.2, -0.15) is 0 Å². The van der Waals surface area contributed by atoms with Crippen molar-refractivity contribution in [2.24, 2.45) is 0 Å². The van der Waals surface area contributed by atoms with Crippen molar-refractivity contribution < 1.29 is 9.53 Å². The molecule has 1 fully saturated rings. The van der Waals surface area contributed by atoms with Gasteiger partial charge in [0, 0.05) is 7.11 Å². The van der Waals surface area contributed by atoms with Gasteiger partial charge in [0.1, 0.15) is 0 Å². The van der Waals surface area contributed by atoms with Crippen molar-refractivity contribution in [2.45, 2.75) is 43.2 Å². The maximum Gasteiger partial charge on any atom is 0.233 e. The van der Waals surface area contributed by atoms with Gasteiger partial charge < -0.3 is 10.1 Å². The smallest absolute Gasteiger partial charge is 0.233 e. The van der Waals surface area contributed by atoms with E-state index in [1.165, 1.54) is 0 Å². The zero-order valence-electron chi connectivity index (χ0n) is 8.05. The molecule has 0 aliphatic heterocycles. The minimum atomic E-state index is -0.120. The van der Waals surface area contributed by atoms with E-state index in [-0.39, 0.29) is 22.9 Å². The largest absolute Gasteiger partial charge is 0.379 e. The maximum absolute atomic E-state index is 11.3. The summed E-state index contributed by atoms with van der Waals surface area (Å²) in [6.45, 7) is 1.83. The minimum Gasteiger partial charge on any atom is -0.379 e. The van der Waals surface area contributed by atoms with Crippen LogP contribution in [0.4, 0.5) is 0 Å². The van der Waals surface area contributed by atoms with Crippen molar-refractivity contribution in [3.05, 3.63) is 0 Å². The summed E-state index contributed by atoms with van der Waals surface area (Å²) in [6, 6.07) is 0.206. The summed E-state index contributed by atoms with van der Waals surface area (Å²) >= 11 is 3.24. The predicted octanol–water partition coefficient (Wildman–Crippen LogP) is 1.45. The third-order valence-electron chi connectivity index (χ3n) is 2.44. The molecule has 0 heterocycles. The van der Waals surface area contributed by atoms with Crippen LogP contribution in [0.5, 0.6) is 0 Å². The third-order valence-corrected chi connectivity index (χ3v) is 2.86. The number of amides is 1. The van der Waals surface area contributed by atoms with Crippen LogP contribution in [0.15, 0.2) is 0 Å². The molecule has 0 aromatic rings. The number of alkyl halides is 1. The number of hydrogen-bond acceptors (Lipinski definition) is 2. The molecule has 76 valence electrons. The number of carbonyl (C=O) groups is 1. The standard InChI is InChI=1S/C9H16BrNO2/c1-6(10)9(12)11-7-4-3-5-8(7)13-2/h6-8H,3-5H2,1-2H3,(H,11,12). The van der Waals surface area contributed by atoms with Crippen LogP contribution in [0.1, 0.15) is 26.2 Å². The van der Waals surface area contributed by atoms with Crippen LogP contribution in [0.3, 0.4) is 0 Å². The average molecular weight is 250 g/mol. The molecule has 1 saturated carbocycles.